The number of aryl methyl sites for hydroxylation is 2. The van der Waals surface area contributed by atoms with Gasteiger partial charge in [-0.3, -0.25) is 4.79 Å². The summed E-state index contributed by atoms with van der Waals surface area (Å²) in [6.07, 6.45) is 0.562. The molecule has 1 aliphatic heterocycles. The van der Waals surface area contributed by atoms with Crippen LogP contribution in [0.4, 0.5) is 4.79 Å². The number of hydrogen-bond acceptors (Lipinski definition) is 4. The van der Waals surface area contributed by atoms with Gasteiger partial charge in [0.15, 0.2) is 0 Å². The number of methoxy groups -OCH3 is 1. The fourth-order valence-corrected chi connectivity index (χ4v) is 3.78. The number of nitrogens with zero attached hydrogens (tertiary/aromatic N) is 3. The van der Waals surface area contributed by atoms with E-state index in [1.807, 2.05) is 51.1 Å². The zero-order chi connectivity index (χ0) is 24.3. The lowest BCUT2D eigenvalue weighted by molar-refractivity contribution is -0.133. The fourth-order valence-electron chi connectivity index (χ4n) is 3.78. The molecule has 0 bridgehead atoms. The number of likely N-dealkylation sites (N-methyl/N-ethyl adjacent to an activating group) is 1. The van der Waals surface area contributed by atoms with Crippen molar-refractivity contribution >= 4 is 17.6 Å². The van der Waals surface area contributed by atoms with Crippen LogP contribution in [0.3, 0.4) is 0 Å². The van der Waals surface area contributed by atoms with Gasteiger partial charge >= 0.3 is 6.03 Å². The molecule has 33 heavy (non-hydrogen) atoms. The topological polar surface area (TPSA) is 74.2 Å². The largest absolute Gasteiger partial charge is 0.496 e. The number of carbonyl (C=O) groups is 2. The van der Waals surface area contributed by atoms with E-state index in [0.29, 0.717) is 12.2 Å². The monoisotopic (exact) mass is 450 g/mol. The summed E-state index contributed by atoms with van der Waals surface area (Å²) in [7, 11) is 3.23. The molecule has 1 aliphatic rings. The molecule has 0 aromatic heterocycles. The molecule has 0 spiro atoms. The molecule has 2 aromatic carbocycles. The number of nitrogens with one attached hydrogen (secondary N) is 1. The fraction of sp³-hybridized carbons (Fsp3) is 0.423. The zero-order valence-electron chi connectivity index (χ0n) is 20.6. The lowest BCUT2D eigenvalue weighted by Gasteiger charge is -2.28. The molecule has 2 aromatic rings. The van der Waals surface area contributed by atoms with Gasteiger partial charge in [0.2, 0.25) is 0 Å². The lowest BCUT2D eigenvalue weighted by atomic mass is 9.96. The number of urea groups is 1. The molecule has 1 N–H and O–H groups in total. The van der Waals surface area contributed by atoms with Gasteiger partial charge in [0, 0.05) is 24.6 Å². The van der Waals surface area contributed by atoms with Crippen molar-refractivity contribution in [2.45, 2.75) is 52.6 Å². The standard InChI is InChI=1S/C26H34N4O3/c1-17-12-13-19(14-18(17)2)21-15-22(20-10-8-9-11-23(20)33-7)30(28-21)24(31)16-29(6)25(32)27-26(3,4)5/h8-14,22H,15-16H2,1-7H3,(H,27,32). The number of carbonyl (C=O) groups excluding carboxylic acids is 2. The molecule has 3 amide bonds. The first-order valence-electron chi connectivity index (χ1n) is 11.1. The average molecular weight is 451 g/mol. The predicted molar refractivity (Wildman–Crippen MR) is 131 cm³/mol. The van der Waals surface area contributed by atoms with Crippen LogP contribution in [-0.4, -0.2) is 53.8 Å². The summed E-state index contributed by atoms with van der Waals surface area (Å²) in [6, 6.07) is 13.3. The van der Waals surface area contributed by atoms with Crippen LogP contribution in [0.2, 0.25) is 0 Å². The van der Waals surface area contributed by atoms with Gasteiger partial charge in [-0.15, -0.1) is 0 Å². The van der Waals surface area contributed by atoms with Crippen LogP contribution < -0.4 is 10.1 Å². The van der Waals surface area contributed by atoms with Gasteiger partial charge in [-0.1, -0.05) is 30.3 Å². The van der Waals surface area contributed by atoms with Crippen molar-refractivity contribution in [1.29, 1.82) is 0 Å². The van der Waals surface area contributed by atoms with Gasteiger partial charge in [0.1, 0.15) is 12.3 Å². The lowest BCUT2D eigenvalue weighted by Crippen LogP contribution is -2.49. The highest BCUT2D eigenvalue weighted by molar-refractivity contribution is 6.03. The molecular weight excluding hydrogens is 416 g/mol. The van der Waals surface area contributed by atoms with Crippen molar-refractivity contribution in [2.24, 2.45) is 5.10 Å². The Hall–Kier alpha value is -3.35. The maximum atomic E-state index is 13.4. The van der Waals surface area contributed by atoms with E-state index in [-0.39, 0.29) is 24.5 Å². The number of amides is 3. The average Bonchev–Trinajstić information content (AvgIpc) is 3.19. The van der Waals surface area contributed by atoms with Crippen LogP contribution in [0.5, 0.6) is 5.75 Å². The van der Waals surface area contributed by atoms with Crippen LogP contribution in [0.1, 0.15) is 55.5 Å². The van der Waals surface area contributed by atoms with Gasteiger partial charge in [0.25, 0.3) is 5.91 Å². The summed E-state index contributed by atoms with van der Waals surface area (Å²) < 4.78 is 5.57. The van der Waals surface area contributed by atoms with Crippen LogP contribution in [0.25, 0.3) is 0 Å². The van der Waals surface area contributed by atoms with Crippen molar-refractivity contribution in [3.8, 4) is 5.75 Å². The summed E-state index contributed by atoms with van der Waals surface area (Å²) in [4.78, 5) is 27.3. The Morgan fingerprint density at radius 2 is 1.85 bits per heavy atom. The Balaban J connectivity index is 1.92. The highest BCUT2D eigenvalue weighted by Gasteiger charge is 2.35. The molecular formula is C26H34N4O3. The molecule has 0 saturated carbocycles. The second-order valence-corrected chi connectivity index (χ2v) is 9.58. The summed E-state index contributed by atoms with van der Waals surface area (Å²) in [5, 5.41) is 9.12. The van der Waals surface area contributed by atoms with E-state index in [4.69, 9.17) is 9.84 Å². The Morgan fingerprint density at radius 3 is 2.48 bits per heavy atom. The van der Waals surface area contributed by atoms with E-state index in [1.165, 1.54) is 21.0 Å². The number of hydrogen-bond donors (Lipinski definition) is 1. The highest BCUT2D eigenvalue weighted by Crippen LogP contribution is 2.37. The number of hydrazone groups is 1. The first kappa shape index (κ1) is 24.3. The van der Waals surface area contributed by atoms with Crippen molar-refractivity contribution in [1.82, 2.24) is 15.2 Å². The first-order valence-corrected chi connectivity index (χ1v) is 11.1. The second-order valence-electron chi connectivity index (χ2n) is 9.58. The van der Waals surface area contributed by atoms with E-state index >= 15 is 0 Å². The molecule has 0 radical (unpaired) electrons. The number of ether oxygens (including phenoxy) is 1. The normalized spacial score (nSPS) is 15.8. The molecule has 176 valence electrons. The molecule has 1 unspecified atom stereocenters. The molecule has 3 rings (SSSR count). The second kappa shape index (κ2) is 9.65. The van der Waals surface area contributed by atoms with Crippen LogP contribution in [0.15, 0.2) is 47.6 Å². The van der Waals surface area contributed by atoms with E-state index in [9.17, 15) is 9.59 Å². The quantitative estimate of drug-likeness (QED) is 0.732. The van der Waals surface area contributed by atoms with Crippen LogP contribution in [0, 0.1) is 13.8 Å². The molecule has 7 nitrogen and oxygen atoms in total. The van der Waals surface area contributed by atoms with Gasteiger partial charge in [-0.2, -0.15) is 5.10 Å². The van der Waals surface area contributed by atoms with Gasteiger partial charge in [-0.25, -0.2) is 9.80 Å². The summed E-state index contributed by atoms with van der Waals surface area (Å²) in [5.41, 5.74) is 4.70. The van der Waals surface area contributed by atoms with Crippen molar-refractivity contribution in [2.75, 3.05) is 20.7 Å². The third-order valence-electron chi connectivity index (χ3n) is 5.71. The number of benzene rings is 2. The Labute approximate surface area is 196 Å². The van der Waals surface area contributed by atoms with E-state index < -0.39 is 5.54 Å². The summed E-state index contributed by atoms with van der Waals surface area (Å²) in [6.45, 7) is 9.76. The van der Waals surface area contributed by atoms with Crippen LogP contribution >= 0.6 is 0 Å². The molecule has 0 saturated heterocycles. The Bertz CT molecular complexity index is 1070. The minimum atomic E-state index is -0.392. The van der Waals surface area contributed by atoms with Crippen molar-refractivity contribution in [3.63, 3.8) is 0 Å². The van der Waals surface area contributed by atoms with E-state index in [2.05, 4.69) is 31.3 Å². The van der Waals surface area contributed by atoms with E-state index in [1.54, 1.807) is 14.2 Å². The predicted octanol–water partition coefficient (Wildman–Crippen LogP) is 4.43. The first-order chi connectivity index (χ1) is 15.5. The van der Waals surface area contributed by atoms with Gasteiger partial charge < -0.3 is 15.0 Å². The molecule has 1 heterocycles. The maximum Gasteiger partial charge on any atom is 0.318 e. The Kier molecular flexibility index (Phi) is 7.10. The molecule has 7 heteroatoms. The summed E-state index contributed by atoms with van der Waals surface area (Å²) in [5.74, 6) is 0.451. The van der Waals surface area contributed by atoms with E-state index in [0.717, 1.165) is 16.8 Å². The smallest absolute Gasteiger partial charge is 0.318 e. The minimum absolute atomic E-state index is 0.0860. The van der Waals surface area contributed by atoms with Gasteiger partial charge in [0.05, 0.1) is 18.9 Å². The molecule has 1 atom stereocenters. The van der Waals surface area contributed by atoms with Crippen LogP contribution in [-0.2, 0) is 4.79 Å². The molecule has 0 aliphatic carbocycles. The maximum absolute atomic E-state index is 13.4. The Morgan fingerprint density at radius 1 is 1.15 bits per heavy atom. The summed E-state index contributed by atoms with van der Waals surface area (Å²) >= 11 is 0. The highest BCUT2D eigenvalue weighted by atomic mass is 16.5. The van der Waals surface area contributed by atoms with Crippen molar-refractivity contribution < 1.29 is 14.3 Å². The number of rotatable bonds is 5. The molecule has 0 fully saturated rings. The third-order valence-corrected chi connectivity index (χ3v) is 5.71. The SMILES string of the molecule is COc1ccccc1C1CC(c2ccc(C)c(C)c2)=NN1C(=O)CN(C)C(=O)NC(C)(C)C. The third kappa shape index (κ3) is 5.72. The van der Waals surface area contributed by atoms with Gasteiger partial charge in [-0.05, 0) is 63.4 Å². The number of para-hydroxylation sites is 1. The zero-order valence-corrected chi connectivity index (χ0v) is 20.6. The minimum Gasteiger partial charge on any atom is -0.496 e. The van der Waals surface area contributed by atoms with Crippen molar-refractivity contribution in [3.05, 3.63) is 64.7 Å².